The van der Waals surface area contributed by atoms with Crippen molar-refractivity contribution in [2.75, 3.05) is 0 Å². The lowest BCUT2D eigenvalue weighted by atomic mass is 10.1. The lowest BCUT2D eigenvalue weighted by Gasteiger charge is -2.06. The molecule has 4 nitrogen and oxygen atoms in total. The van der Waals surface area contributed by atoms with Crippen LogP contribution in [0.1, 0.15) is 27.3 Å². The molecule has 0 bridgehead atoms. The molecule has 0 aliphatic rings. The van der Waals surface area contributed by atoms with Gasteiger partial charge in [0.05, 0.1) is 11.4 Å². The molecular formula is C15H15NO3S. The third-order valence-corrected chi connectivity index (χ3v) is 4.16. The molecule has 0 radical (unpaired) electrons. The van der Waals surface area contributed by atoms with Gasteiger partial charge in [-0.1, -0.05) is 30.3 Å². The minimum absolute atomic E-state index is 0.0182. The van der Waals surface area contributed by atoms with Crippen LogP contribution in [0.3, 0.4) is 0 Å². The summed E-state index contributed by atoms with van der Waals surface area (Å²) >= 11 is 0. The molecule has 1 N–H and O–H groups in total. The summed E-state index contributed by atoms with van der Waals surface area (Å²) in [5.74, 6) is -0.363. The summed E-state index contributed by atoms with van der Waals surface area (Å²) < 4.78 is 12.1. The van der Waals surface area contributed by atoms with Gasteiger partial charge in [0.2, 0.25) is 0 Å². The van der Waals surface area contributed by atoms with Crippen LogP contribution in [0.5, 0.6) is 0 Å². The van der Waals surface area contributed by atoms with E-state index in [1.807, 2.05) is 31.2 Å². The van der Waals surface area contributed by atoms with E-state index in [1.54, 1.807) is 12.1 Å². The predicted molar refractivity (Wildman–Crippen MR) is 77.9 cm³/mol. The number of carboxylic acids is 1. The summed E-state index contributed by atoms with van der Waals surface area (Å²) in [5, 5.41) is 8.88. The number of aromatic nitrogens is 1. The van der Waals surface area contributed by atoms with Crippen LogP contribution < -0.4 is 0 Å². The number of rotatable bonds is 5. The number of nitrogens with zero attached hydrogens (tertiary/aromatic N) is 1. The van der Waals surface area contributed by atoms with Crippen LogP contribution in [-0.4, -0.2) is 20.3 Å². The molecule has 0 aliphatic carbocycles. The van der Waals surface area contributed by atoms with Crippen LogP contribution in [0.25, 0.3) is 0 Å². The first-order valence-electron chi connectivity index (χ1n) is 6.15. The molecule has 20 heavy (non-hydrogen) atoms. The Morgan fingerprint density at radius 3 is 2.60 bits per heavy atom. The second kappa shape index (κ2) is 6.43. The van der Waals surface area contributed by atoms with Gasteiger partial charge < -0.3 is 5.11 Å². The predicted octanol–water partition coefficient (Wildman–Crippen LogP) is 2.54. The van der Waals surface area contributed by atoms with Crippen molar-refractivity contribution in [1.82, 2.24) is 4.98 Å². The van der Waals surface area contributed by atoms with Crippen LogP contribution in [0.2, 0.25) is 0 Å². The van der Waals surface area contributed by atoms with E-state index in [4.69, 9.17) is 5.11 Å². The highest BCUT2D eigenvalue weighted by molar-refractivity contribution is 7.83. The van der Waals surface area contributed by atoms with Gasteiger partial charge in [-0.05, 0) is 30.2 Å². The Balaban J connectivity index is 2.07. The second-order valence-corrected chi connectivity index (χ2v) is 5.93. The number of hydrogen-bond donors (Lipinski definition) is 1. The van der Waals surface area contributed by atoms with Gasteiger partial charge in [0.15, 0.2) is 0 Å². The molecule has 2 aromatic rings. The van der Waals surface area contributed by atoms with Crippen molar-refractivity contribution in [1.29, 1.82) is 0 Å². The van der Waals surface area contributed by atoms with E-state index < -0.39 is 16.8 Å². The summed E-state index contributed by atoms with van der Waals surface area (Å²) in [6.07, 6.45) is 0. The van der Waals surface area contributed by atoms with Gasteiger partial charge in [0, 0.05) is 16.6 Å². The lowest BCUT2D eigenvalue weighted by molar-refractivity contribution is 0.0690. The molecular weight excluding hydrogens is 274 g/mol. The number of aryl methyl sites for hydroxylation is 1. The quantitative estimate of drug-likeness (QED) is 0.918. The molecule has 0 spiro atoms. The van der Waals surface area contributed by atoms with Gasteiger partial charge in [-0.15, -0.1) is 0 Å². The molecule has 1 aromatic heterocycles. The summed E-state index contributed by atoms with van der Waals surface area (Å²) in [6, 6.07) is 12.5. The molecule has 5 heteroatoms. The van der Waals surface area contributed by atoms with E-state index in [-0.39, 0.29) is 11.4 Å². The number of carbonyl (C=O) groups is 1. The van der Waals surface area contributed by atoms with Crippen molar-refractivity contribution in [2.24, 2.45) is 0 Å². The Hall–Kier alpha value is -2.01. The Kier molecular flexibility index (Phi) is 4.63. The molecule has 1 heterocycles. The summed E-state index contributed by atoms with van der Waals surface area (Å²) in [5.41, 5.74) is 2.67. The highest BCUT2D eigenvalue weighted by Gasteiger charge is 2.09. The van der Waals surface area contributed by atoms with Crippen LogP contribution >= 0.6 is 0 Å². The summed E-state index contributed by atoms with van der Waals surface area (Å²) in [6.45, 7) is 1.98. The molecule has 0 saturated carbocycles. The molecule has 0 fully saturated rings. The summed E-state index contributed by atoms with van der Waals surface area (Å²) in [4.78, 5) is 14.8. The highest BCUT2D eigenvalue weighted by Crippen LogP contribution is 2.12. The van der Waals surface area contributed by atoms with Crippen LogP contribution in [0.15, 0.2) is 42.5 Å². The molecule has 1 atom stereocenters. The average molecular weight is 289 g/mol. The Bertz CT molecular complexity index is 655. The number of carboxylic acid groups (broad SMARTS) is 1. The highest BCUT2D eigenvalue weighted by atomic mass is 32.2. The maximum absolute atomic E-state index is 12.1. The van der Waals surface area contributed by atoms with Gasteiger partial charge in [0.1, 0.15) is 5.69 Å². The lowest BCUT2D eigenvalue weighted by Crippen LogP contribution is -2.06. The molecule has 104 valence electrons. The van der Waals surface area contributed by atoms with Crippen molar-refractivity contribution < 1.29 is 14.1 Å². The third-order valence-electron chi connectivity index (χ3n) is 2.91. The molecule has 2 rings (SSSR count). The van der Waals surface area contributed by atoms with Crippen molar-refractivity contribution >= 4 is 16.8 Å². The topological polar surface area (TPSA) is 67.3 Å². The molecule has 0 amide bonds. The second-order valence-electron chi connectivity index (χ2n) is 4.47. The SMILES string of the molecule is Cc1ccccc1CS(=O)Cc1cccc(C(=O)O)n1. The first-order chi connectivity index (χ1) is 9.56. The Morgan fingerprint density at radius 1 is 1.15 bits per heavy atom. The molecule has 1 aromatic carbocycles. The fourth-order valence-electron chi connectivity index (χ4n) is 1.84. The largest absolute Gasteiger partial charge is 0.477 e. The minimum atomic E-state index is -1.11. The fraction of sp³-hybridized carbons (Fsp3) is 0.200. The molecule has 0 aliphatic heterocycles. The number of benzene rings is 1. The maximum Gasteiger partial charge on any atom is 0.354 e. The van der Waals surface area contributed by atoms with E-state index >= 15 is 0 Å². The van der Waals surface area contributed by atoms with Gasteiger partial charge >= 0.3 is 5.97 Å². The zero-order chi connectivity index (χ0) is 14.5. The van der Waals surface area contributed by atoms with Crippen molar-refractivity contribution in [3.05, 3.63) is 65.0 Å². The van der Waals surface area contributed by atoms with Crippen molar-refractivity contribution in [2.45, 2.75) is 18.4 Å². The molecule has 1 unspecified atom stereocenters. The van der Waals surface area contributed by atoms with Gasteiger partial charge in [0.25, 0.3) is 0 Å². The van der Waals surface area contributed by atoms with Crippen LogP contribution in [0, 0.1) is 6.92 Å². The Morgan fingerprint density at radius 2 is 1.90 bits per heavy atom. The normalized spacial score (nSPS) is 12.1. The third kappa shape index (κ3) is 3.74. The van der Waals surface area contributed by atoms with E-state index in [0.29, 0.717) is 11.4 Å². The van der Waals surface area contributed by atoms with Crippen molar-refractivity contribution in [3.63, 3.8) is 0 Å². The minimum Gasteiger partial charge on any atom is -0.477 e. The average Bonchev–Trinajstić information content (AvgIpc) is 2.41. The van der Waals surface area contributed by atoms with Crippen molar-refractivity contribution in [3.8, 4) is 0 Å². The van der Waals surface area contributed by atoms with Gasteiger partial charge in [-0.3, -0.25) is 4.21 Å². The maximum atomic E-state index is 12.1. The number of pyridine rings is 1. The Labute approximate surface area is 119 Å². The van der Waals surface area contributed by atoms with E-state index in [9.17, 15) is 9.00 Å². The first-order valence-corrected chi connectivity index (χ1v) is 7.64. The summed E-state index contributed by atoms with van der Waals surface area (Å²) in [7, 11) is -1.11. The number of aromatic carboxylic acids is 1. The smallest absolute Gasteiger partial charge is 0.354 e. The number of hydrogen-bond acceptors (Lipinski definition) is 3. The van der Waals surface area contributed by atoms with E-state index in [2.05, 4.69) is 4.98 Å². The van der Waals surface area contributed by atoms with Gasteiger partial charge in [-0.25, -0.2) is 9.78 Å². The van der Waals surface area contributed by atoms with E-state index in [1.165, 1.54) is 6.07 Å². The van der Waals surface area contributed by atoms with Crippen LogP contribution in [0.4, 0.5) is 0 Å². The van der Waals surface area contributed by atoms with E-state index in [0.717, 1.165) is 11.1 Å². The van der Waals surface area contributed by atoms with Crippen LogP contribution in [-0.2, 0) is 22.3 Å². The zero-order valence-corrected chi connectivity index (χ0v) is 11.9. The molecule has 0 saturated heterocycles. The fourth-order valence-corrected chi connectivity index (χ4v) is 3.10. The zero-order valence-electron chi connectivity index (χ0n) is 11.1. The van der Waals surface area contributed by atoms with Gasteiger partial charge in [-0.2, -0.15) is 0 Å². The first kappa shape index (κ1) is 14.4. The monoisotopic (exact) mass is 289 g/mol. The standard InChI is InChI=1S/C15H15NO3S/c1-11-5-2-3-6-12(11)9-20(19)10-13-7-4-8-14(16-13)15(17)18/h2-8H,9-10H2,1H3,(H,17,18).